The standard InChI is InChI=1S/C12H23N5/c1-9(2)11-14-12(16-15-11)17-6-4-5-10(8-17)7-13-3/h9-10,13H,4-8H2,1-3H3,(H,14,15,16). The maximum absolute atomic E-state index is 4.57. The molecule has 96 valence electrons. The van der Waals surface area contributed by atoms with Crippen LogP contribution in [-0.2, 0) is 0 Å². The molecule has 1 aliphatic heterocycles. The van der Waals surface area contributed by atoms with Gasteiger partial charge in [0.15, 0.2) is 0 Å². The quantitative estimate of drug-likeness (QED) is 0.830. The third-order valence-corrected chi connectivity index (χ3v) is 3.33. The zero-order valence-corrected chi connectivity index (χ0v) is 11.0. The van der Waals surface area contributed by atoms with Gasteiger partial charge in [-0.2, -0.15) is 4.98 Å². The Labute approximate surface area is 103 Å². The molecule has 1 fully saturated rings. The third-order valence-electron chi connectivity index (χ3n) is 3.33. The number of nitrogens with zero attached hydrogens (tertiary/aromatic N) is 3. The number of rotatable bonds is 4. The lowest BCUT2D eigenvalue weighted by Gasteiger charge is -2.31. The van der Waals surface area contributed by atoms with Crippen molar-refractivity contribution in [2.24, 2.45) is 5.92 Å². The van der Waals surface area contributed by atoms with Gasteiger partial charge in [0.05, 0.1) is 0 Å². The van der Waals surface area contributed by atoms with Crippen LogP contribution in [0.2, 0.25) is 0 Å². The van der Waals surface area contributed by atoms with Gasteiger partial charge in [-0.25, -0.2) is 0 Å². The van der Waals surface area contributed by atoms with E-state index in [9.17, 15) is 0 Å². The minimum atomic E-state index is 0.411. The van der Waals surface area contributed by atoms with Gasteiger partial charge >= 0.3 is 0 Å². The summed E-state index contributed by atoms with van der Waals surface area (Å²) in [5.41, 5.74) is 0. The molecule has 2 N–H and O–H groups in total. The van der Waals surface area contributed by atoms with Crippen molar-refractivity contribution >= 4 is 5.95 Å². The van der Waals surface area contributed by atoms with Gasteiger partial charge in [0, 0.05) is 19.0 Å². The lowest BCUT2D eigenvalue weighted by Crippen LogP contribution is -2.39. The van der Waals surface area contributed by atoms with Gasteiger partial charge in [-0.15, -0.1) is 5.10 Å². The Morgan fingerprint density at radius 3 is 3.00 bits per heavy atom. The van der Waals surface area contributed by atoms with E-state index in [1.807, 2.05) is 7.05 Å². The fourth-order valence-electron chi connectivity index (χ4n) is 2.37. The summed E-state index contributed by atoms with van der Waals surface area (Å²) in [5.74, 6) is 2.98. The molecule has 5 heteroatoms. The first-order valence-corrected chi connectivity index (χ1v) is 6.52. The van der Waals surface area contributed by atoms with Crippen molar-refractivity contribution < 1.29 is 0 Å². The monoisotopic (exact) mass is 237 g/mol. The Morgan fingerprint density at radius 1 is 1.53 bits per heavy atom. The Morgan fingerprint density at radius 2 is 2.35 bits per heavy atom. The third kappa shape index (κ3) is 2.97. The first kappa shape index (κ1) is 12.4. The normalized spacial score (nSPS) is 21.2. The molecule has 1 aliphatic rings. The van der Waals surface area contributed by atoms with Crippen molar-refractivity contribution in [2.75, 3.05) is 31.6 Å². The summed E-state index contributed by atoms with van der Waals surface area (Å²) in [6.07, 6.45) is 2.54. The zero-order valence-electron chi connectivity index (χ0n) is 11.0. The molecule has 2 rings (SSSR count). The lowest BCUT2D eigenvalue weighted by atomic mass is 9.98. The maximum Gasteiger partial charge on any atom is 0.244 e. The molecular formula is C12H23N5. The first-order chi connectivity index (χ1) is 8.20. The second-order valence-electron chi connectivity index (χ2n) is 5.19. The fourth-order valence-corrected chi connectivity index (χ4v) is 2.37. The highest BCUT2D eigenvalue weighted by molar-refractivity contribution is 5.30. The molecule has 17 heavy (non-hydrogen) atoms. The van der Waals surface area contributed by atoms with E-state index in [-0.39, 0.29) is 0 Å². The highest BCUT2D eigenvalue weighted by atomic mass is 15.4. The van der Waals surface area contributed by atoms with E-state index in [1.54, 1.807) is 0 Å². The molecule has 0 aromatic carbocycles. The molecule has 0 amide bonds. The van der Waals surface area contributed by atoms with E-state index < -0.39 is 0 Å². The van der Waals surface area contributed by atoms with Crippen molar-refractivity contribution in [3.8, 4) is 0 Å². The van der Waals surface area contributed by atoms with Crippen molar-refractivity contribution in [1.29, 1.82) is 0 Å². The van der Waals surface area contributed by atoms with E-state index in [4.69, 9.17) is 0 Å². The van der Waals surface area contributed by atoms with Crippen LogP contribution in [0.4, 0.5) is 5.95 Å². The topological polar surface area (TPSA) is 56.8 Å². The van der Waals surface area contributed by atoms with Crippen LogP contribution >= 0.6 is 0 Å². The molecule has 1 saturated heterocycles. The summed E-state index contributed by atoms with van der Waals surface area (Å²) in [6, 6.07) is 0. The SMILES string of the molecule is CNCC1CCCN(c2n[nH]c(C(C)C)n2)C1. The van der Waals surface area contributed by atoms with Crippen LogP contribution in [0.3, 0.4) is 0 Å². The predicted octanol–water partition coefficient (Wildman–Crippen LogP) is 1.36. The summed E-state index contributed by atoms with van der Waals surface area (Å²) >= 11 is 0. The molecular weight excluding hydrogens is 214 g/mol. The minimum Gasteiger partial charge on any atom is -0.339 e. The van der Waals surface area contributed by atoms with E-state index in [1.165, 1.54) is 12.8 Å². The number of anilines is 1. The molecule has 1 aromatic rings. The van der Waals surface area contributed by atoms with E-state index in [0.717, 1.165) is 37.3 Å². The summed E-state index contributed by atoms with van der Waals surface area (Å²) in [4.78, 5) is 6.87. The molecule has 0 saturated carbocycles. The number of nitrogens with one attached hydrogen (secondary N) is 2. The molecule has 0 spiro atoms. The number of aromatic nitrogens is 3. The van der Waals surface area contributed by atoms with Crippen LogP contribution in [0.25, 0.3) is 0 Å². The number of H-pyrrole nitrogens is 1. The molecule has 0 aliphatic carbocycles. The summed E-state index contributed by atoms with van der Waals surface area (Å²) in [7, 11) is 2.02. The van der Waals surface area contributed by atoms with Crippen LogP contribution in [0, 0.1) is 5.92 Å². The summed E-state index contributed by atoms with van der Waals surface area (Å²) in [5, 5.41) is 10.6. The number of hydrogen-bond donors (Lipinski definition) is 2. The van der Waals surface area contributed by atoms with Crippen LogP contribution < -0.4 is 10.2 Å². The van der Waals surface area contributed by atoms with Crippen molar-refractivity contribution in [3.05, 3.63) is 5.82 Å². The Kier molecular flexibility index (Phi) is 3.99. The maximum atomic E-state index is 4.57. The van der Waals surface area contributed by atoms with Crippen LogP contribution in [-0.4, -0.2) is 41.9 Å². The minimum absolute atomic E-state index is 0.411. The largest absolute Gasteiger partial charge is 0.339 e. The molecule has 1 aromatic heterocycles. The average Bonchev–Trinajstić information content (AvgIpc) is 2.79. The number of aromatic amines is 1. The van der Waals surface area contributed by atoms with Crippen LogP contribution in [0.1, 0.15) is 38.4 Å². The van der Waals surface area contributed by atoms with Crippen molar-refractivity contribution in [1.82, 2.24) is 20.5 Å². The van der Waals surface area contributed by atoms with E-state index in [2.05, 4.69) is 39.2 Å². The fraction of sp³-hybridized carbons (Fsp3) is 0.833. The smallest absolute Gasteiger partial charge is 0.244 e. The summed E-state index contributed by atoms with van der Waals surface area (Å²) < 4.78 is 0. The van der Waals surface area contributed by atoms with E-state index in [0.29, 0.717) is 5.92 Å². The van der Waals surface area contributed by atoms with Gasteiger partial charge in [0.1, 0.15) is 5.82 Å². The van der Waals surface area contributed by atoms with Gasteiger partial charge < -0.3 is 10.2 Å². The van der Waals surface area contributed by atoms with Gasteiger partial charge in [-0.3, -0.25) is 5.10 Å². The van der Waals surface area contributed by atoms with Crippen LogP contribution in [0.15, 0.2) is 0 Å². The highest BCUT2D eigenvalue weighted by Gasteiger charge is 2.22. The molecule has 1 unspecified atom stereocenters. The second kappa shape index (κ2) is 5.49. The zero-order chi connectivity index (χ0) is 12.3. The molecule has 0 bridgehead atoms. The molecule has 2 heterocycles. The number of piperidine rings is 1. The van der Waals surface area contributed by atoms with Gasteiger partial charge in [0.2, 0.25) is 5.95 Å². The van der Waals surface area contributed by atoms with Gasteiger partial charge in [-0.1, -0.05) is 13.8 Å². The Hall–Kier alpha value is -1.10. The van der Waals surface area contributed by atoms with E-state index >= 15 is 0 Å². The Balaban J connectivity index is 2.00. The Bertz CT molecular complexity index is 344. The van der Waals surface area contributed by atoms with Gasteiger partial charge in [-0.05, 0) is 32.4 Å². The highest BCUT2D eigenvalue weighted by Crippen LogP contribution is 2.21. The van der Waals surface area contributed by atoms with Crippen LogP contribution in [0.5, 0.6) is 0 Å². The van der Waals surface area contributed by atoms with Gasteiger partial charge in [0.25, 0.3) is 0 Å². The lowest BCUT2D eigenvalue weighted by molar-refractivity contribution is 0.399. The summed E-state index contributed by atoms with van der Waals surface area (Å²) in [6.45, 7) is 7.48. The molecule has 1 atom stereocenters. The average molecular weight is 237 g/mol. The van der Waals surface area contributed by atoms with Crippen molar-refractivity contribution in [2.45, 2.75) is 32.6 Å². The molecule has 0 radical (unpaired) electrons. The first-order valence-electron chi connectivity index (χ1n) is 6.52. The predicted molar refractivity (Wildman–Crippen MR) is 69.3 cm³/mol. The van der Waals surface area contributed by atoms with Crippen molar-refractivity contribution in [3.63, 3.8) is 0 Å². The number of hydrogen-bond acceptors (Lipinski definition) is 4. The second-order valence-corrected chi connectivity index (χ2v) is 5.19. The molecule has 5 nitrogen and oxygen atoms in total.